The van der Waals surface area contributed by atoms with Crippen molar-refractivity contribution in [2.24, 2.45) is 0 Å². The molecule has 7 nitrogen and oxygen atoms in total. The van der Waals surface area contributed by atoms with Crippen molar-refractivity contribution in [3.8, 4) is 0 Å². The summed E-state index contributed by atoms with van der Waals surface area (Å²) in [7, 11) is 0. The summed E-state index contributed by atoms with van der Waals surface area (Å²) in [6.07, 6.45) is 4.62. The number of nitrogens with one attached hydrogen (secondary N) is 1. The van der Waals surface area contributed by atoms with Crippen molar-refractivity contribution in [2.45, 2.75) is 25.8 Å². The number of hydrogen-bond acceptors (Lipinski definition) is 5. The highest BCUT2D eigenvalue weighted by Crippen LogP contribution is 2.29. The third-order valence-electron chi connectivity index (χ3n) is 5.59. The molecule has 5 rings (SSSR count). The zero-order valence-corrected chi connectivity index (χ0v) is 16.8. The van der Waals surface area contributed by atoms with Gasteiger partial charge in [-0.25, -0.2) is 9.37 Å². The zero-order chi connectivity index (χ0) is 21.4. The third-order valence-corrected chi connectivity index (χ3v) is 5.59. The molecule has 4 aromatic rings. The van der Waals surface area contributed by atoms with E-state index < -0.39 is 17.3 Å². The fourth-order valence-electron chi connectivity index (χ4n) is 4.09. The minimum Gasteiger partial charge on any atom is -0.448 e. The zero-order valence-electron chi connectivity index (χ0n) is 16.8. The van der Waals surface area contributed by atoms with Crippen LogP contribution in [0.3, 0.4) is 0 Å². The van der Waals surface area contributed by atoms with Gasteiger partial charge in [0.2, 0.25) is 11.5 Å². The number of nitrogens with zero attached hydrogens (tertiary/aromatic N) is 3. The van der Waals surface area contributed by atoms with Gasteiger partial charge in [-0.2, -0.15) is 0 Å². The van der Waals surface area contributed by atoms with E-state index in [1.807, 2.05) is 18.2 Å². The van der Waals surface area contributed by atoms with Gasteiger partial charge >= 0.3 is 0 Å². The summed E-state index contributed by atoms with van der Waals surface area (Å²) >= 11 is 0. The van der Waals surface area contributed by atoms with Crippen LogP contribution in [0.15, 0.2) is 58.0 Å². The lowest BCUT2D eigenvalue weighted by molar-refractivity contribution is -0.116. The van der Waals surface area contributed by atoms with Gasteiger partial charge in [0.15, 0.2) is 0 Å². The van der Waals surface area contributed by atoms with Crippen LogP contribution < -0.4 is 15.8 Å². The van der Waals surface area contributed by atoms with Crippen molar-refractivity contribution in [1.82, 2.24) is 9.55 Å². The Morgan fingerprint density at radius 2 is 1.94 bits per heavy atom. The normalized spacial score (nSPS) is 14.3. The lowest BCUT2D eigenvalue weighted by atomic mass is 10.1. The minimum absolute atomic E-state index is 0.108. The molecule has 3 heterocycles. The number of amides is 1. The molecule has 2 aromatic heterocycles. The van der Waals surface area contributed by atoms with E-state index in [0.29, 0.717) is 16.8 Å². The molecule has 31 heavy (non-hydrogen) atoms. The second-order valence-corrected chi connectivity index (χ2v) is 7.71. The SMILES string of the molecule is O=C(Cn1cnc2c(oc3ccccc32)c1=O)Nc1cc(F)ccc1N1CCCCC1. The van der Waals surface area contributed by atoms with Gasteiger partial charge in [-0.1, -0.05) is 12.1 Å². The van der Waals surface area contributed by atoms with Gasteiger partial charge in [0.1, 0.15) is 23.5 Å². The fourth-order valence-corrected chi connectivity index (χ4v) is 4.09. The highest BCUT2D eigenvalue weighted by Gasteiger charge is 2.18. The van der Waals surface area contributed by atoms with Crippen LogP contribution in [-0.4, -0.2) is 28.5 Å². The molecular formula is C23H21FN4O3. The van der Waals surface area contributed by atoms with Crippen LogP contribution in [0.5, 0.6) is 0 Å². The molecule has 1 fully saturated rings. The average molecular weight is 420 g/mol. The van der Waals surface area contributed by atoms with Crippen LogP contribution in [0, 0.1) is 5.82 Å². The van der Waals surface area contributed by atoms with Gasteiger partial charge < -0.3 is 14.6 Å². The van der Waals surface area contributed by atoms with Crippen molar-refractivity contribution in [3.63, 3.8) is 0 Å². The predicted molar refractivity (Wildman–Crippen MR) is 117 cm³/mol. The monoisotopic (exact) mass is 420 g/mol. The van der Waals surface area contributed by atoms with Crippen molar-refractivity contribution in [1.29, 1.82) is 0 Å². The maximum atomic E-state index is 13.9. The first-order valence-electron chi connectivity index (χ1n) is 10.3. The van der Waals surface area contributed by atoms with Crippen LogP contribution in [0.1, 0.15) is 19.3 Å². The summed E-state index contributed by atoms with van der Waals surface area (Å²) in [5.41, 5.74) is 1.89. The molecule has 158 valence electrons. The van der Waals surface area contributed by atoms with Gasteiger partial charge in [0, 0.05) is 18.5 Å². The van der Waals surface area contributed by atoms with Crippen molar-refractivity contribution in [2.75, 3.05) is 23.3 Å². The number of hydrogen-bond donors (Lipinski definition) is 1. The van der Waals surface area contributed by atoms with Gasteiger partial charge in [0.05, 0.1) is 17.7 Å². The number of benzene rings is 2. The summed E-state index contributed by atoms with van der Waals surface area (Å²) in [6.45, 7) is 1.47. The molecule has 0 saturated carbocycles. The molecule has 0 bridgehead atoms. The summed E-state index contributed by atoms with van der Waals surface area (Å²) in [6, 6.07) is 11.6. The molecule has 0 aliphatic carbocycles. The number of halogens is 1. The Hall–Kier alpha value is -3.68. The van der Waals surface area contributed by atoms with Crippen molar-refractivity contribution >= 4 is 39.4 Å². The van der Waals surface area contributed by atoms with Gasteiger partial charge in [-0.05, 0) is 49.6 Å². The van der Waals surface area contributed by atoms with Crippen molar-refractivity contribution < 1.29 is 13.6 Å². The Morgan fingerprint density at radius 1 is 1.13 bits per heavy atom. The second kappa shape index (κ2) is 7.86. The highest BCUT2D eigenvalue weighted by atomic mass is 19.1. The molecule has 1 aliphatic rings. The molecule has 1 N–H and O–H groups in total. The molecule has 0 spiro atoms. The minimum atomic E-state index is -0.441. The first-order valence-corrected chi connectivity index (χ1v) is 10.3. The molecule has 0 unspecified atom stereocenters. The summed E-state index contributed by atoms with van der Waals surface area (Å²) in [5, 5.41) is 3.51. The van der Waals surface area contributed by atoms with Gasteiger partial charge in [-0.3, -0.25) is 14.2 Å². The van der Waals surface area contributed by atoms with E-state index in [0.717, 1.165) is 37.0 Å². The third kappa shape index (κ3) is 3.65. The van der Waals surface area contributed by atoms with Crippen molar-refractivity contribution in [3.05, 3.63) is 65.0 Å². The quantitative estimate of drug-likeness (QED) is 0.541. The molecule has 0 radical (unpaired) electrons. The summed E-state index contributed by atoms with van der Waals surface area (Å²) in [5.74, 6) is -0.873. The summed E-state index contributed by atoms with van der Waals surface area (Å²) in [4.78, 5) is 32.0. The molecule has 1 aliphatic heterocycles. The first kappa shape index (κ1) is 19.3. The van der Waals surface area contributed by atoms with E-state index in [9.17, 15) is 14.0 Å². The second-order valence-electron chi connectivity index (χ2n) is 7.71. The Morgan fingerprint density at radius 3 is 2.77 bits per heavy atom. The lowest BCUT2D eigenvalue weighted by Crippen LogP contribution is -2.31. The van der Waals surface area contributed by atoms with Crippen LogP contribution >= 0.6 is 0 Å². The number of furan rings is 1. The number of carbonyl (C=O) groups excluding carboxylic acids is 1. The van der Waals surface area contributed by atoms with Crippen LogP contribution in [0.2, 0.25) is 0 Å². The molecular weight excluding hydrogens is 399 g/mol. The predicted octanol–water partition coefficient (Wildman–Crippen LogP) is 3.91. The molecule has 1 amide bonds. The van der Waals surface area contributed by atoms with Crippen LogP contribution in [0.4, 0.5) is 15.8 Å². The number of aromatic nitrogens is 2. The Bertz CT molecular complexity index is 1340. The van der Waals surface area contributed by atoms with E-state index in [4.69, 9.17) is 4.42 Å². The largest absolute Gasteiger partial charge is 0.448 e. The lowest BCUT2D eigenvalue weighted by Gasteiger charge is -2.30. The van der Waals surface area contributed by atoms with E-state index in [1.165, 1.54) is 29.4 Å². The standard InChI is InChI=1S/C23H21FN4O3/c24-15-8-9-18(27-10-4-1-5-11-27)17(12-15)26-20(29)13-28-14-25-21-16-6-2-3-7-19(16)31-22(21)23(28)30/h2-3,6-9,12,14H,1,4-5,10-11,13H2,(H,26,29). The average Bonchev–Trinajstić information content (AvgIpc) is 3.16. The molecule has 1 saturated heterocycles. The van der Waals surface area contributed by atoms with E-state index in [2.05, 4.69) is 15.2 Å². The Kier molecular flexibility index (Phi) is 4.89. The van der Waals surface area contributed by atoms with Gasteiger partial charge in [0.25, 0.3) is 5.56 Å². The fraction of sp³-hybridized carbons (Fsp3) is 0.261. The number of fused-ring (bicyclic) bond motifs is 3. The maximum absolute atomic E-state index is 13.9. The highest BCUT2D eigenvalue weighted by molar-refractivity contribution is 6.02. The van der Waals surface area contributed by atoms with Crippen LogP contribution in [-0.2, 0) is 11.3 Å². The molecule has 2 aromatic carbocycles. The number of carbonyl (C=O) groups is 1. The number of para-hydroxylation sites is 1. The Labute approximate surface area is 177 Å². The number of anilines is 2. The van der Waals surface area contributed by atoms with E-state index in [-0.39, 0.29) is 12.1 Å². The van der Waals surface area contributed by atoms with E-state index in [1.54, 1.807) is 12.1 Å². The van der Waals surface area contributed by atoms with E-state index >= 15 is 0 Å². The smallest absolute Gasteiger partial charge is 0.297 e. The van der Waals surface area contributed by atoms with Gasteiger partial charge in [-0.15, -0.1) is 0 Å². The number of rotatable bonds is 4. The molecule has 8 heteroatoms. The Balaban J connectivity index is 1.41. The topological polar surface area (TPSA) is 80.4 Å². The number of piperidine rings is 1. The first-order chi connectivity index (χ1) is 15.1. The van der Waals surface area contributed by atoms with Crippen LogP contribution in [0.25, 0.3) is 22.1 Å². The molecule has 0 atom stereocenters. The maximum Gasteiger partial charge on any atom is 0.297 e. The summed E-state index contributed by atoms with van der Waals surface area (Å²) < 4.78 is 20.7.